The van der Waals surface area contributed by atoms with E-state index in [0.29, 0.717) is 6.10 Å². The molecule has 1 heteroatoms. The summed E-state index contributed by atoms with van der Waals surface area (Å²) in [6, 6.07) is 10.3. The number of hydrogen-bond acceptors (Lipinski definition) is 1. The van der Waals surface area contributed by atoms with Crippen LogP contribution in [0.15, 0.2) is 30.3 Å². The number of para-hydroxylation sites is 1. The Morgan fingerprint density at radius 2 is 1.40 bits per heavy atom. The molecule has 0 bridgehead atoms. The Bertz CT molecular complexity index is 307. The van der Waals surface area contributed by atoms with E-state index in [4.69, 9.17) is 4.74 Å². The fourth-order valence-corrected chi connectivity index (χ4v) is 2.60. The van der Waals surface area contributed by atoms with Gasteiger partial charge in [-0.25, -0.2) is 0 Å². The van der Waals surface area contributed by atoms with Crippen molar-refractivity contribution < 1.29 is 4.74 Å². The van der Waals surface area contributed by atoms with E-state index in [-0.39, 0.29) is 0 Å². The van der Waals surface area contributed by atoms with Gasteiger partial charge in [-0.15, -0.1) is 0 Å². The van der Waals surface area contributed by atoms with Gasteiger partial charge in [-0.05, 0) is 31.4 Å². The van der Waals surface area contributed by atoms with Crippen LogP contribution in [0.2, 0.25) is 0 Å². The van der Waals surface area contributed by atoms with Crippen LogP contribution in [0.4, 0.5) is 0 Å². The number of unbranched alkanes of at least 4 members (excludes halogenated alkanes) is 6. The Labute approximate surface area is 125 Å². The van der Waals surface area contributed by atoms with Crippen molar-refractivity contribution in [3.8, 4) is 5.75 Å². The van der Waals surface area contributed by atoms with E-state index >= 15 is 0 Å². The Morgan fingerprint density at radius 1 is 0.750 bits per heavy atom. The Morgan fingerprint density at radius 3 is 2.05 bits per heavy atom. The highest BCUT2D eigenvalue weighted by molar-refractivity contribution is 5.21. The summed E-state index contributed by atoms with van der Waals surface area (Å²) >= 11 is 0. The fourth-order valence-electron chi connectivity index (χ4n) is 2.60. The molecule has 0 aliphatic heterocycles. The van der Waals surface area contributed by atoms with Crippen molar-refractivity contribution in [3.63, 3.8) is 0 Å². The van der Waals surface area contributed by atoms with Crippen molar-refractivity contribution in [1.29, 1.82) is 0 Å². The molecule has 0 amide bonds. The maximum Gasteiger partial charge on any atom is 0.119 e. The number of hydrogen-bond donors (Lipinski definition) is 0. The molecule has 0 aliphatic carbocycles. The molecule has 0 radical (unpaired) electrons. The molecule has 1 rings (SSSR count). The monoisotopic (exact) mass is 276 g/mol. The van der Waals surface area contributed by atoms with Crippen LogP contribution in [0.3, 0.4) is 0 Å². The van der Waals surface area contributed by atoms with Gasteiger partial charge in [0.05, 0.1) is 6.10 Å². The molecule has 1 unspecified atom stereocenters. The van der Waals surface area contributed by atoms with Crippen LogP contribution < -0.4 is 4.74 Å². The molecule has 1 atom stereocenters. The third-order valence-corrected chi connectivity index (χ3v) is 3.79. The van der Waals surface area contributed by atoms with Crippen LogP contribution in [0.1, 0.15) is 78.1 Å². The van der Waals surface area contributed by atoms with Crippen LogP contribution in [-0.2, 0) is 0 Å². The Hall–Kier alpha value is -0.980. The van der Waals surface area contributed by atoms with Gasteiger partial charge in [0.1, 0.15) is 5.75 Å². The summed E-state index contributed by atoms with van der Waals surface area (Å²) in [6.45, 7) is 4.52. The highest BCUT2D eigenvalue weighted by Crippen LogP contribution is 2.18. The molecular weight excluding hydrogens is 244 g/mol. The predicted molar refractivity (Wildman–Crippen MR) is 88.4 cm³/mol. The normalized spacial score (nSPS) is 12.3. The summed E-state index contributed by atoms with van der Waals surface area (Å²) in [6.07, 6.45) is 13.6. The van der Waals surface area contributed by atoms with Crippen LogP contribution in [-0.4, -0.2) is 6.10 Å². The fraction of sp³-hybridized carbons (Fsp3) is 0.684. The van der Waals surface area contributed by atoms with E-state index in [1.807, 2.05) is 18.2 Å². The number of rotatable bonds is 12. The first-order valence-electron chi connectivity index (χ1n) is 8.58. The standard InChI is InChI=1S/C19H32O/c1-3-5-6-7-8-9-11-15-18(14-4-2)20-19-16-12-10-13-17-19/h10,12-13,16-18H,3-9,11,14-15H2,1-2H3. The Kier molecular flexibility index (Phi) is 10.1. The first-order chi connectivity index (χ1) is 9.86. The molecule has 1 aromatic rings. The molecular formula is C19H32O. The second-order valence-electron chi connectivity index (χ2n) is 5.75. The van der Waals surface area contributed by atoms with E-state index in [9.17, 15) is 0 Å². The zero-order valence-electron chi connectivity index (χ0n) is 13.4. The van der Waals surface area contributed by atoms with Crippen molar-refractivity contribution in [2.24, 2.45) is 0 Å². The summed E-state index contributed by atoms with van der Waals surface area (Å²) in [5.74, 6) is 1.02. The van der Waals surface area contributed by atoms with Crippen LogP contribution >= 0.6 is 0 Å². The average molecular weight is 276 g/mol. The molecule has 0 saturated carbocycles. The van der Waals surface area contributed by atoms with Crippen molar-refractivity contribution in [2.75, 3.05) is 0 Å². The van der Waals surface area contributed by atoms with Crippen molar-refractivity contribution >= 4 is 0 Å². The SMILES string of the molecule is CCCCCCCCCC(CCC)Oc1ccccc1. The Balaban J connectivity index is 2.15. The molecule has 114 valence electrons. The van der Waals surface area contributed by atoms with E-state index in [1.54, 1.807) is 0 Å². The minimum atomic E-state index is 0.401. The van der Waals surface area contributed by atoms with Crippen LogP contribution in [0.25, 0.3) is 0 Å². The quantitative estimate of drug-likeness (QED) is 0.403. The van der Waals surface area contributed by atoms with Gasteiger partial charge in [0.25, 0.3) is 0 Å². The first kappa shape index (κ1) is 17.1. The topological polar surface area (TPSA) is 9.23 Å². The summed E-state index contributed by atoms with van der Waals surface area (Å²) < 4.78 is 6.10. The summed E-state index contributed by atoms with van der Waals surface area (Å²) in [5.41, 5.74) is 0. The molecule has 0 spiro atoms. The van der Waals surface area contributed by atoms with Gasteiger partial charge in [0.15, 0.2) is 0 Å². The van der Waals surface area contributed by atoms with Gasteiger partial charge in [-0.3, -0.25) is 0 Å². The third kappa shape index (κ3) is 8.24. The summed E-state index contributed by atoms with van der Waals surface area (Å²) in [7, 11) is 0. The van der Waals surface area contributed by atoms with E-state index in [2.05, 4.69) is 26.0 Å². The maximum atomic E-state index is 6.10. The number of ether oxygens (including phenoxy) is 1. The molecule has 0 N–H and O–H groups in total. The van der Waals surface area contributed by atoms with E-state index in [1.165, 1.54) is 64.2 Å². The molecule has 0 aromatic heterocycles. The molecule has 0 fully saturated rings. The van der Waals surface area contributed by atoms with E-state index < -0.39 is 0 Å². The summed E-state index contributed by atoms with van der Waals surface area (Å²) in [5, 5.41) is 0. The van der Waals surface area contributed by atoms with Gasteiger partial charge < -0.3 is 4.74 Å². The van der Waals surface area contributed by atoms with E-state index in [0.717, 1.165) is 5.75 Å². The van der Waals surface area contributed by atoms with Gasteiger partial charge >= 0.3 is 0 Å². The average Bonchev–Trinajstić information content (AvgIpc) is 2.47. The minimum absolute atomic E-state index is 0.401. The molecule has 20 heavy (non-hydrogen) atoms. The van der Waals surface area contributed by atoms with Crippen molar-refractivity contribution in [2.45, 2.75) is 84.2 Å². The summed E-state index contributed by atoms with van der Waals surface area (Å²) in [4.78, 5) is 0. The van der Waals surface area contributed by atoms with Crippen molar-refractivity contribution in [3.05, 3.63) is 30.3 Å². The highest BCUT2D eigenvalue weighted by atomic mass is 16.5. The van der Waals surface area contributed by atoms with Gasteiger partial charge in [-0.1, -0.05) is 77.0 Å². The third-order valence-electron chi connectivity index (χ3n) is 3.79. The van der Waals surface area contributed by atoms with Crippen LogP contribution in [0.5, 0.6) is 5.75 Å². The van der Waals surface area contributed by atoms with Gasteiger partial charge in [0.2, 0.25) is 0 Å². The lowest BCUT2D eigenvalue weighted by atomic mass is 10.0. The molecule has 0 aliphatic rings. The molecule has 1 nitrogen and oxygen atoms in total. The second-order valence-corrected chi connectivity index (χ2v) is 5.75. The smallest absolute Gasteiger partial charge is 0.119 e. The minimum Gasteiger partial charge on any atom is -0.490 e. The predicted octanol–water partition coefficient (Wildman–Crippen LogP) is 6.37. The second kappa shape index (κ2) is 11.8. The lowest BCUT2D eigenvalue weighted by Crippen LogP contribution is -2.16. The zero-order valence-corrected chi connectivity index (χ0v) is 13.4. The van der Waals surface area contributed by atoms with Gasteiger partial charge in [0, 0.05) is 0 Å². The van der Waals surface area contributed by atoms with Crippen LogP contribution in [0, 0.1) is 0 Å². The maximum absolute atomic E-state index is 6.10. The largest absolute Gasteiger partial charge is 0.490 e. The highest BCUT2D eigenvalue weighted by Gasteiger charge is 2.09. The lowest BCUT2D eigenvalue weighted by Gasteiger charge is -2.18. The van der Waals surface area contributed by atoms with Crippen molar-refractivity contribution in [1.82, 2.24) is 0 Å². The molecule has 0 heterocycles. The van der Waals surface area contributed by atoms with Gasteiger partial charge in [-0.2, -0.15) is 0 Å². The zero-order chi connectivity index (χ0) is 14.5. The number of benzene rings is 1. The molecule has 1 aromatic carbocycles. The first-order valence-corrected chi connectivity index (χ1v) is 8.58. The molecule has 0 saturated heterocycles. The lowest BCUT2D eigenvalue weighted by molar-refractivity contribution is 0.175.